The number of aromatic nitrogens is 2. The van der Waals surface area contributed by atoms with E-state index >= 15 is 0 Å². The molecule has 2 amide bonds. The van der Waals surface area contributed by atoms with Gasteiger partial charge in [0, 0.05) is 32.0 Å². The fraction of sp³-hybridized carbons (Fsp3) is 0.389. The Kier molecular flexibility index (Phi) is 4.67. The average molecular weight is 360 g/mol. The SMILES string of the molecule is Cc1nccn1-c1ccc(CNC(=O)N2CCC(C)(C(=O)O)C2)cc1F. The van der Waals surface area contributed by atoms with E-state index in [2.05, 4.69) is 10.3 Å². The summed E-state index contributed by atoms with van der Waals surface area (Å²) < 4.78 is 16.0. The van der Waals surface area contributed by atoms with Crippen molar-refractivity contribution in [3.63, 3.8) is 0 Å². The van der Waals surface area contributed by atoms with Gasteiger partial charge in [0.15, 0.2) is 0 Å². The summed E-state index contributed by atoms with van der Waals surface area (Å²) in [6, 6.07) is 4.41. The van der Waals surface area contributed by atoms with Crippen LogP contribution in [0.4, 0.5) is 9.18 Å². The number of carboxylic acid groups (broad SMARTS) is 1. The zero-order valence-electron chi connectivity index (χ0n) is 14.7. The predicted octanol–water partition coefficient (Wildman–Crippen LogP) is 2.33. The van der Waals surface area contributed by atoms with Gasteiger partial charge in [-0.2, -0.15) is 0 Å². The van der Waals surface area contributed by atoms with Gasteiger partial charge in [-0.3, -0.25) is 4.79 Å². The minimum absolute atomic E-state index is 0.166. The lowest BCUT2D eigenvalue weighted by Crippen LogP contribution is -2.40. The van der Waals surface area contributed by atoms with E-state index in [4.69, 9.17) is 0 Å². The van der Waals surface area contributed by atoms with E-state index in [-0.39, 0.29) is 19.1 Å². The van der Waals surface area contributed by atoms with Crippen molar-refractivity contribution >= 4 is 12.0 Å². The molecule has 7 nitrogen and oxygen atoms in total. The van der Waals surface area contributed by atoms with Crippen LogP contribution >= 0.6 is 0 Å². The molecule has 0 radical (unpaired) electrons. The number of amides is 2. The predicted molar refractivity (Wildman–Crippen MR) is 92.4 cm³/mol. The number of nitrogens with one attached hydrogen (secondary N) is 1. The highest BCUT2D eigenvalue weighted by atomic mass is 19.1. The van der Waals surface area contributed by atoms with Gasteiger partial charge in [-0.25, -0.2) is 14.2 Å². The molecule has 2 aromatic rings. The summed E-state index contributed by atoms with van der Waals surface area (Å²) in [6.45, 7) is 4.14. The third-order valence-electron chi connectivity index (χ3n) is 4.82. The molecule has 1 saturated heterocycles. The Morgan fingerprint density at radius 2 is 2.19 bits per heavy atom. The smallest absolute Gasteiger partial charge is 0.317 e. The molecule has 1 aliphatic rings. The maximum Gasteiger partial charge on any atom is 0.317 e. The van der Waals surface area contributed by atoms with Crippen molar-refractivity contribution < 1.29 is 19.1 Å². The number of aryl methyl sites for hydroxylation is 1. The van der Waals surface area contributed by atoms with E-state index in [1.807, 2.05) is 0 Å². The fourth-order valence-corrected chi connectivity index (χ4v) is 3.09. The molecular weight excluding hydrogens is 339 g/mol. The summed E-state index contributed by atoms with van der Waals surface area (Å²) in [4.78, 5) is 29.0. The number of imidazole rings is 1. The highest BCUT2D eigenvalue weighted by molar-refractivity contribution is 5.79. The molecule has 1 atom stereocenters. The number of likely N-dealkylation sites (tertiary alicyclic amines) is 1. The van der Waals surface area contributed by atoms with E-state index in [0.29, 0.717) is 30.0 Å². The van der Waals surface area contributed by atoms with Crippen molar-refractivity contribution in [3.05, 3.63) is 47.8 Å². The Hall–Kier alpha value is -2.90. The molecule has 1 aromatic carbocycles. The number of urea groups is 1. The average Bonchev–Trinajstić information content (AvgIpc) is 3.20. The molecule has 1 unspecified atom stereocenters. The highest BCUT2D eigenvalue weighted by Gasteiger charge is 2.42. The van der Waals surface area contributed by atoms with Crippen LogP contribution < -0.4 is 5.32 Å². The van der Waals surface area contributed by atoms with Crippen LogP contribution in [0, 0.1) is 18.2 Å². The van der Waals surface area contributed by atoms with Crippen LogP contribution in [0.5, 0.6) is 0 Å². The highest BCUT2D eigenvalue weighted by Crippen LogP contribution is 2.30. The molecule has 8 heteroatoms. The number of hydrogen-bond donors (Lipinski definition) is 2. The zero-order valence-corrected chi connectivity index (χ0v) is 14.7. The minimum Gasteiger partial charge on any atom is -0.481 e. The molecule has 0 bridgehead atoms. The van der Waals surface area contributed by atoms with E-state index in [1.54, 1.807) is 42.9 Å². The van der Waals surface area contributed by atoms with Crippen LogP contribution in [-0.2, 0) is 11.3 Å². The van der Waals surface area contributed by atoms with Crippen LogP contribution in [-0.4, -0.2) is 44.6 Å². The van der Waals surface area contributed by atoms with Gasteiger partial charge in [-0.05, 0) is 38.0 Å². The van der Waals surface area contributed by atoms with Crippen molar-refractivity contribution in [2.45, 2.75) is 26.8 Å². The van der Waals surface area contributed by atoms with Gasteiger partial charge in [0.05, 0.1) is 11.1 Å². The van der Waals surface area contributed by atoms with Gasteiger partial charge >= 0.3 is 12.0 Å². The van der Waals surface area contributed by atoms with Crippen molar-refractivity contribution in [2.75, 3.05) is 13.1 Å². The molecule has 26 heavy (non-hydrogen) atoms. The van der Waals surface area contributed by atoms with Crippen LogP contribution in [0.1, 0.15) is 24.7 Å². The Balaban J connectivity index is 1.62. The second kappa shape index (κ2) is 6.78. The van der Waals surface area contributed by atoms with Gasteiger partial charge in [-0.15, -0.1) is 0 Å². The first-order chi connectivity index (χ1) is 12.3. The van der Waals surface area contributed by atoms with Crippen molar-refractivity contribution in [3.8, 4) is 5.69 Å². The zero-order chi connectivity index (χ0) is 18.9. The quantitative estimate of drug-likeness (QED) is 0.876. The number of halogens is 1. The maximum atomic E-state index is 14.4. The number of benzene rings is 1. The molecule has 2 N–H and O–H groups in total. The number of hydrogen-bond acceptors (Lipinski definition) is 3. The molecule has 1 fully saturated rings. The number of carbonyl (C=O) groups is 2. The Morgan fingerprint density at radius 1 is 1.42 bits per heavy atom. The van der Waals surface area contributed by atoms with E-state index < -0.39 is 17.2 Å². The molecule has 2 heterocycles. The Bertz CT molecular complexity index is 851. The standard InChI is InChI=1S/C18H21FN4O3/c1-12-20-6-8-23(12)15-4-3-13(9-14(15)19)10-21-17(26)22-7-5-18(2,11-22)16(24)25/h3-4,6,8-9H,5,7,10-11H2,1-2H3,(H,21,26)(H,24,25). The third-order valence-corrected chi connectivity index (χ3v) is 4.82. The number of carboxylic acids is 1. The number of carbonyl (C=O) groups excluding carboxylic acids is 1. The first-order valence-corrected chi connectivity index (χ1v) is 8.35. The minimum atomic E-state index is -0.909. The Labute approximate surface area is 150 Å². The van der Waals surface area contributed by atoms with Gasteiger partial charge in [0.25, 0.3) is 0 Å². The first-order valence-electron chi connectivity index (χ1n) is 8.35. The molecule has 0 saturated carbocycles. The lowest BCUT2D eigenvalue weighted by Gasteiger charge is -2.20. The summed E-state index contributed by atoms with van der Waals surface area (Å²) in [5, 5.41) is 11.9. The Morgan fingerprint density at radius 3 is 2.77 bits per heavy atom. The van der Waals surface area contributed by atoms with Crippen LogP contribution in [0.2, 0.25) is 0 Å². The van der Waals surface area contributed by atoms with Gasteiger partial charge in [0.2, 0.25) is 0 Å². The summed E-state index contributed by atoms with van der Waals surface area (Å²) in [6.07, 6.45) is 3.70. The van der Waals surface area contributed by atoms with Crippen LogP contribution in [0.15, 0.2) is 30.6 Å². The second-order valence-electron chi connectivity index (χ2n) is 6.83. The van der Waals surface area contributed by atoms with Crippen molar-refractivity contribution in [1.29, 1.82) is 0 Å². The number of rotatable bonds is 4. The second-order valence-corrected chi connectivity index (χ2v) is 6.83. The maximum absolute atomic E-state index is 14.4. The summed E-state index contributed by atoms with van der Waals surface area (Å²) >= 11 is 0. The van der Waals surface area contributed by atoms with E-state index in [9.17, 15) is 19.1 Å². The monoisotopic (exact) mass is 360 g/mol. The van der Waals surface area contributed by atoms with Crippen molar-refractivity contribution in [1.82, 2.24) is 19.8 Å². The lowest BCUT2D eigenvalue weighted by atomic mass is 9.90. The molecule has 138 valence electrons. The normalized spacial score (nSPS) is 19.6. The summed E-state index contributed by atoms with van der Waals surface area (Å²) in [5.41, 5.74) is 0.109. The summed E-state index contributed by atoms with van der Waals surface area (Å²) in [7, 11) is 0. The van der Waals surface area contributed by atoms with Crippen LogP contribution in [0.3, 0.4) is 0 Å². The molecule has 3 rings (SSSR count). The fourth-order valence-electron chi connectivity index (χ4n) is 3.09. The van der Waals surface area contributed by atoms with Gasteiger partial charge in [0.1, 0.15) is 11.6 Å². The molecular formula is C18H21FN4O3. The summed E-state index contributed by atoms with van der Waals surface area (Å²) in [5.74, 6) is -0.627. The third kappa shape index (κ3) is 3.40. The van der Waals surface area contributed by atoms with E-state index in [0.717, 1.165) is 0 Å². The van der Waals surface area contributed by atoms with Gasteiger partial charge < -0.3 is 19.9 Å². The van der Waals surface area contributed by atoms with Crippen molar-refractivity contribution in [2.24, 2.45) is 5.41 Å². The number of aliphatic carboxylic acids is 1. The molecule has 1 aromatic heterocycles. The first kappa shape index (κ1) is 17.9. The lowest BCUT2D eigenvalue weighted by molar-refractivity contribution is -0.147. The molecule has 0 spiro atoms. The van der Waals surface area contributed by atoms with E-state index in [1.165, 1.54) is 11.0 Å². The molecule has 1 aliphatic heterocycles. The molecule has 0 aliphatic carbocycles. The van der Waals surface area contributed by atoms with Crippen LogP contribution in [0.25, 0.3) is 5.69 Å². The topological polar surface area (TPSA) is 87.5 Å². The largest absolute Gasteiger partial charge is 0.481 e. The van der Waals surface area contributed by atoms with Gasteiger partial charge in [-0.1, -0.05) is 6.07 Å². The number of nitrogens with zero attached hydrogens (tertiary/aromatic N) is 3.